The minimum Gasteiger partial charge on any atom is -0.354 e. The van der Waals surface area contributed by atoms with Crippen molar-refractivity contribution < 1.29 is 9.18 Å². The van der Waals surface area contributed by atoms with Gasteiger partial charge in [0.2, 0.25) is 5.91 Å². The average Bonchev–Trinajstić information content (AvgIpc) is 2.82. The Labute approximate surface area is 122 Å². The van der Waals surface area contributed by atoms with Crippen LogP contribution in [0.5, 0.6) is 0 Å². The first kappa shape index (κ1) is 12.5. The first-order chi connectivity index (χ1) is 9.65. The number of fused-ring (bicyclic) bond motifs is 5. The Morgan fingerprint density at radius 3 is 2.95 bits per heavy atom. The second kappa shape index (κ2) is 4.35. The highest BCUT2D eigenvalue weighted by molar-refractivity contribution is 6.31. The molecule has 0 radical (unpaired) electrons. The predicted molar refractivity (Wildman–Crippen MR) is 76.7 cm³/mol. The van der Waals surface area contributed by atoms with Gasteiger partial charge in [-0.3, -0.25) is 4.79 Å². The number of hydrogen-bond acceptors (Lipinski definition) is 2. The van der Waals surface area contributed by atoms with Crippen LogP contribution in [-0.2, 0) is 4.79 Å². The van der Waals surface area contributed by atoms with Crippen molar-refractivity contribution in [3.63, 3.8) is 0 Å². The van der Waals surface area contributed by atoms with Crippen molar-refractivity contribution in [3.05, 3.63) is 23.0 Å². The summed E-state index contributed by atoms with van der Waals surface area (Å²) < 4.78 is 13.8. The molecule has 0 bridgehead atoms. The van der Waals surface area contributed by atoms with E-state index >= 15 is 0 Å². The molecule has 0 aromatic heterocycles. The maximum atomic E-state index is 13.8. The second-order valence-corrected chi connectivity index (χ2v) is 6.45. The standard InChI is InChI=1S/C15H16ClFN2O/c16-9-6-11-13(7-10(9)17)19-12-4-2-1-3-8(12)5-14(19)15(20)18-11/h6-8,12,14H,1-5H2,(H,18,20). The number of carbonyl (C=O) groups excluding carboxylic acids is 1. The average molecular weight is 295 g/mol. The van der Waals surface area contributed by atoms with Crippen LogP contribution in [0.4, 0.5) is 15.8 Å². The van der Waals surface area contributed by atoms with E-state index in [9.17, 15) is 9.18 Å². The van der Waals surface area contributed by atoms with Crippen LogP contribution >= 0.6 is 11.6 Å². The summed E-state index contributed by atoms with van der Waals surface area (Å²) in [6, 6.07) is 3.23. The van der Waals surface area contributed by atoms with Crippen LogP contribution in [0.1, 0.15) is 32.1 Å². The van der Waals surface area contributed by atoms with Gasteiger partial charge in [-0.2, -0.15) is 0 Å². The van der Waals surface area contributed by atoms with Crippen LogP contribution in [0.2, 0.25) is 5.02 Å². The zero-order chi connectivity index (χ0) is 13.9. The van der Waals surface area contributed by atoms with Crippen molar-refractivity contribution in [1.82, 2.24) is 0 Å². The summed E-state index contributed by atoms with van der Waals surface area (Å²) in [7, 11) is 0. The third-order valence-electron chi connectivity index (χ3n) is 4.97. The van der Waals surface area contributed by atoms with E-state index in [4.69, 9.17) is 11.6 Å². The van der Waals surface area contributed by atoms with E-state index in [2.05, 4.69) is 10.2 Å². The minimum absolute atomic E-state index is 0.0228. The van der Waals surface area contributed by atoms with E-state index in [0.717, 1.165) is 18.5 Å². The highest BCUT2D eigenvalue weighted by Gasteiger charge is 2.48. The molecule has 0 spiro atoms. The number of halogens is 2. The number of rotatable bonds is 0. The molecule has 1 amide bonds. The minimum atomic E-state index is -0.417. The summed E-state index contributed by atoms with van der Waals surface area (Å²) in [5, 5.41) is 2.93. The SMILES string of the molecule is O=C1Nc2cc(Cl)c(F)cc2N2C1CC1CCCCC12. The van der Waals surface area contributed by atoms with Crippen LogP contribution in [0.3, 0.4) is 0 Å². The molecule has 1 saturated carbocycles. The van der Waals surface area contributed by atoms with Crippen LogP contribution in [0.25, 0.3) is 0 Å². The quantitative estimate of drug-likeness (QED) is 0.793. The smallest absolute Gasteiger partial charge is 0.247 e. The van der Waals surface area contributed by atoms with E-state index in [0.29, 0.717) is 17.6 Å². The third kappa shape index (κ3) is 1.67. The molecule has 3 atom stereocenters. The fraction of sp³-hybridized carbons (Fsp3) is 0.533. The monoisotopic (exact) mass is 294 g/mol. The Kier molecular flexibility index (Phi) is 2.71. The number of nitrogens with zero attached hydrogens (tertiary/aromatic N) is 1. The van der Waals surface area contributed by atoms with Gasteiger partial charge in [0.15, 0.2) is 0 Å². The molecule has 3 nitrogen and oxygen atoms in total. The van der Waals surface area contributed by atoms with Crippen LogP contribution in [0.15, 0.2) is 12.1 Å². The van der Waals surface area contributed by atoms with Gasteiger partial charge in [-0.1, -0.05) is 24.4 Å². The van der Waals surface area contributed by atoms with Gasteiger partial charge in [0.1, 0.15) is 11.9 Å². The predicted octanol–water partition coefficient (Wildman–Crippen LogP) is 3.57. The first-order valence-corrected chi connectivity index (χ1v) is 7.61. The van der Waals surface area contributed by atoms with Gasteiger partial charge in [-0.25, -0.2) is 4.39 Å². The lowest BCUT2D eigenvalue weighted by atomic mass is 9.84. The number of nitrogens with one attached hydrogen (secondary N) is 1. The van der Waals surface area contributed by atoms with Gasteiger partial charge < -0.3 is 10.2 Å². The third-order valence-corrected chi connectivity index (χ3v) is 5.25. The summed E-state index contributed by atoms with van der Waals surface area (Å²) in [4.78, 5) is 14.4. The highest BCUT2D eigenvalue weighted by Crippen LogP contribution is 2.47. The first-order valence-electron chi connectivity index (χ1n) is 7.23. The van der Waals surface area contributed by atoms with Crippen molar-refractivity contribution in [2.45, 2.75) is 44.2 Å². The van der Waals surface area contributed by atoms with Gasteiger partial charge in [-0.05, 0) is 31.2 Å². The van der Waals surface area contributed by atoms with Crippen LogP contribution < -0.4 is 10.2 Å². The van der Waals surface area contributed by atoms with E-state index in [-0.39, 0.29) is 17.0 Å². The molecular formula is C15H16ClFN2O. The molecule has 1 saturated heterocycles. The van der Waals surface area contributed by atoms with Crippen molar-refractivity contribution >= 4 is 28.9 Å². The Balaban J connectivity index is 1.83. The summed E-state index contributed by atoms with van der Waals surface area (Å²) in [6.45, 7) is 0. The molecule has 1 aliphatic carbocycles. The molecular weight excluding hydrogens is 279 g/mol. The molecule has 20 heavy (non-hydrogen) atoms. The van der Waals surface area contributed by atoms with Gasteiger partial charge in [0.25, 0.3) is 0 Å². The van der Waals surface area contributed by atoms with Crippen LogP contribution in [0, 0.1) is 11.7 Å². The summed E-state index contributed by atoms with van der Waals surface area (Å²) in [5.41, 5.74) is 1.44. The lowest BCUT2D eigenvalue weighted by Crippen LogP contribution is -2.48. The molecule has 1 aromatic rings. The molecule has 4 rings (SSSR count). The summed E-state index contributed by atoms with van der Waals surface area (Å²) in [5.74, 6) is 0.165. The lowest BCUT2D eigenvalue weighted by molar-refractivity contribution is -0.117. The van der Waals surface area contributed by atoms with Crippen LogP contribution in [-0.4, -0.2) is 18.0 Å². The van der Waals surface area contributed by atoms with E-state index < -0.39 is 5.82 Å². The lowest BCUT2D eigenvalue weighted by Gasteiger charge is -2.39. The molecule has 2 heterocycles. The molecule has 106 valence electrons. The number of hydrogen-bond donors (Lipinski definition) is 1. The maximum Gasteiger partial charge on any atom is 0.247 e. The van der Waals surface area contributed by atoms with Gasteiger partial charge in [0.05, 0.1) is 16.4 Å². The Morgan fingerprint density at radius 2 is 2.10 bits per heavy atom. The van der Waals surface area contributed by atoms with Crippen molar-refractivity contribution in [1.29, 1.82) is 0 Å². The maximum absolute atomic E-state index is 13.8. The Bertz CT molecular complexity index is 591. The largest absolute Gasteiger partial charge is 0.354 e. The zero-order valence-electron chi connectivity index (χ0n) is 11.0. The Morgan fingerprint density at radius 1 is 1.30 bits per heavy atom. The van der Waals surface area contributed by atoms with Gasteiger partial charge >= 0.3 is 0 Å². The van der Waals surface area contributed by atoms with E-state index in [1.807, 2.05) is 0 Å². The summed E-state index contributed by atoms with van der Waals surface area (Å²) >= 11 is 5.83. The number of anilines is 2. The highest BCUT2D eigenvalue weighted by atomic mass is 35.5. The zero-order valence-corrected chi connectivity index (χ0v) is 11.8. The van der Waals surface area contributed by atoms with E-state index in [1.54, 1.807) is 0 Å². The molecule has 2 fully saturated rings. The molecule has 1 N–H and O–H groups in total. The summed E-state index contributed by atoms with van der Waals surface area (Å²) in [6.07, 6.45) is 5.59. The molecule has 2 aliphatic heterocycles. The molecule has 3 aliphatic rings. The number of amides is 1. The Hall–Kier alpha value is -1.29. The topological polar surface area (TPSA) is 32.3 Å². The van der Waals surface area contributed by atoms with Gasteiger partial charge in [0, 0.05) is 12.1 Å². The van der Waals surface area contributed by atoms with E-state index in [1.165, 1.54) is 31.4 Å². The fourth-order valence-electron chi connectivity index (χ4n) is 4.11. The second-order valence-electron chi connectivity index (χ2n) is 6.04. The molecule has 3 unspecified atom stereocenters. The number of benzene rings is 1. The fourth-order valence-corrected chi connectivity index (χ4v) is 4.27. The normalized spacial score (nSPS) is 31.4. The molecule has 1 aromatic carbocycles. The van der Waals surface area contributed by atoms with Gasteiger partial charge in [-0.15, -0.1) is 0 Å². The van der Waals surface area contributed by atoms with Crippen molar-refractivity contribution in [2.24, 2.45) is 5.92 Å². The number of carbonyl (C=O) groups is 1. The molecule has 5 heteroatoms. The van der Waals surface area contributed by atoms with Crippen molar-refractivity contribution in [3.8, 4) is 0 Å². The van der Waals surface area contributed by atoms with Crippen molar-refractivity contribution in [2.75, 3.05) is 10.2 Å².